The number of carbonyl (C=O) groups is 2. The molecule has 6 heteroatoms. The molecule has 0 unspecified atom stereocenters. The van der Waals surface area contributed by atoms with Gasteiger partial charge in [0.25, 0.3) is 11.8 Å². The average Bonchev–Trinajstić information content (AvgIpc) is 2.71. The number of amides is 2. The molecule has 0 atom stereocenters. The van der Waals surface area contributed by atoms with E-state index in [0.29, 0.717) is 5.69 Å². The maximum atomic E-state index is 12.0. The van der Waals surface area contributed by atoms with Crippen molar-refractivity contribution in [1.29, 1.82) is 0 Å². The van der Waals surface area contributed by atoms with Crippen molar-refractivity contribution in [3.05, 3.63) is 30.3 Å². The van der Waals surface area contributed by atoms with Gasteiger partial charge in [0.1, 0.15) is 5.84 Å². The number of rotatable bonds is 2. The second-order valence-corrected chi connectivity index (χ2v) is 3.45. The molecule has 5 nitrogen and oxygen atoms in total. The third-order valence-electron chi connectivity index (χ3n) is 2.18. The highest BCUT2D eigenvalue weighted by molar-refractivity contribution is 6.15. The topological polar surface area (TPSA) is 61.8 Å². The van der Waals surface area contributed by atoms with Gasteiger partial charge in [-0.15, -0.1) is 0 Å². The Labute approximate surface area is 96.9 Å². The zero-order valence-electron chi connectivity index (χ0n) is 8.89. The first-order valence-corrected chi connectivity index (χ1v) is 5.02. The Hall–Kier alpha value is -2.24. The molecule has 1 aromatic carbocycles. The lowest BCUT2D eigenvalue weighted by atomic mass is 10.3. The quantitative estimate of drug-likeness (QED) is 0.825. The third kappa shape index (κ3) is 2.47. The van der Waals surface area contributed by atoms with Crippen LogP contribution in [0, 0.1) is 0 Å². The van der Waals surface area contributed by atoms with Gasteiger partial charge < -0.3 is 5.32 Å². The molecule has 2 rings (SSSR count). The molecule has 0 saturated carbocycles. The van der Waals surface area contributed by atoms with Crippen molar-refractivity contribution >= 4 is 23.3 Å². The highest BCUT2D eigenvalue weighted by Crippen LogP contribution is 2.18. The van der Waals surface area contributed by atoms with Crippen molar-refractivity contribution in [1.82, 2.24) is 5.32 Å². The summed E-state index contributed by atoms with van der Waals surface area (Å²) in [4.78, 5) is 22.4. The van der Waals surface area contributed by atoms with Crippen LogP contribution >= 0.6 is 0 Å². The van der Waals surface area contributed by atoms with E-state index in [2.05, 4.69) is 10.4 Å². The Morgan fingerprint density at radius 1 is 1.41 bits per heavy atom. The minimum atomic E-state index is -1.13. The van der Waals surface area contributed by atoms with Crippen LogP contribution in [0.1, 0.15) is 6.42 Å². The molecule has 1 aliphatic rings. The zero-order chi connectivity index (χ0) is 12.3. The Kier molecular flexibility index (Phi) is 3.13. The number of hydrogen-bond acceptors (Lipinski definition) is 3. The lowest BCUT2D eigenvalue weighted by Crippen LogP contribution is -2.30. The van der Waals surface area contributed by atoms with Gasteiger partial charge in [0, 0.05) is 0 Å². The largest absolute Gasteiger partial charge is 0.310 e. The second-order valence-electron chi connectivity index (χ2n) is 3.45. The number of nitrogens with one attached hydrogen (secondary N) is 1. The van der Waals surface area contributed by atoms with Crippen molar-refractivity contribution in [3.8, 4) is 0 Å². The van der Waals surface area contributed by atoms with Crippen LogP contribution in [-0.4, -0.2) is 24.3 Å². The van der Waals surface area contributed by atoms with Crippen LogP contribution in [0.4, 0.5) is 10.1 Å². The molecule has 1 aromatic rings. The first kappa shape index (κ1) is 11.3. The Morgan fingerprint density at radius 3 is 2.76 bits per heavy atom. The van der Waals surface area contributed by atoms with Crippen LogP contribution in [0.3, 0.4) is 0 Å². The summed E-state index contributed by atoms with van der Waals surface area (Å²) in [7, 11) is 0. The minimum Gasteiger partial charge on any atom is -0.310 e. The summed E-state index contributed by atoms with van der Waals surface area (Å²) >= 11 is 0. The van der Waals surface area contributed by atoms with Crippen molar-refractivity contribution in [3.63, 3.8) is 0 Å². The first-order chi connectivity index (χ1) is 8.20. The fourth-order valence-electron chi connectivity index (χ4n) is 1.46. The molecule has 88 valence electrons. The van der Waals surface area contributed by atoms with Crippen LogP contribution in [0.2, 0.25) is 0 Å². The molecule has 1 N–H and O–H groups in total. The number of amidine groups is 1. The fourth-order valence-corrected chi connectivity index (χ4v) is 1.46. The molecule has 0 aliphatic carbocycles. The number of para-hydroxylation sites is 1. The Morgan fingerprint density at radius 2 is 2.12 bits per heavy atom. The predicted octanol–water partition coefficient (Wildman–Crippen LogP) is 0.823. The first-order valence-electron chi connectivity index (χ1n) is 5.02. The van der Waals surface area contributed by atoms with Gasteiger partial charge in [0.15, 0.2) is 6.67 Å². The highest BCUT2D eigenvalue weighted by Gasteiger charge is 2.25. The van der Waals surface area contributed by atoms with Gasteiger partial charge >= 0.3 is 0 Å². The highest BCUT2D eigenvalue weighted by atomic mass is 19.1. The smallest absolute Gasteiger partial charge is 0.256 e. The molecule has 0 bridgehead atoms. The summed E-state index contributed by atoms with van der Waals surface area (Å²) in [5.74, 6) is -0.890. The van der Waals surface area contributed by atoms with Crippen LogP contribution < -0.4 is 10.3 Å². The lowest BCUT2D eigenvalue weighted by molar-refractivity contribution is -0.120. The molecule has 1 heterocycles. The molecule has 0 spiro atoms. The molecule has 0 aromatic heterocycles. The van der Waals surface area contributed by atoms with Crippen LogP contribution in [0.15, 0.2) is 35.4 Å². The van der Waals surface area contributed by atoms with Gasteiger partial charge in [-0.3, -0.25) is 9.59 Å². The molecule has 0 radical (unpaired) electrons. The van der Waals surface area contributed by atoms with E-state index < -0.39 is 12.6 Å². The van der Waals surface area contributed by atoms with Crippen LogP contribution in [0.5, 0.6) is 0 Å². The van der Waals surface area contributed by atoms with Crippen molar-refractivity contribution in [2.24, 2.45) is 5.10 Å². The molecular formula is C11H10FN3O2. The van der Waals surface area contributed by atoms with E-state index in [0.717, 1.165) is 0 Å². The number of halogens is 1. The number of benzene rings is 1. The van der Waals surface area contributed by atoms with Crippen LogP contribution in [-0.2, 0) is 9.59 Å². The number of nitrogens with zero attached hydrogens (tertiary/aromatic N) is 2. The zero-order valence-corrected chi connectivity index (χ0v) is 8.89. The normalized spacial score (nSPS) is 14.8. The van der Waals surface area contributed by atoms with Crippen molar-refractivity contribution < 1.29 is 14.0 Å². The molecule has 2 amide bonds. The Bertz CT molecular complexity index is 473. The number of alkyl halides is 1. The Balaban J connectivity index is 2.15. The second kappa shape index (κ2) is 4.73. The SMILES string of the molecule is O=C(CF)NC1=NN(c2ccccc2)C(=O)C1. The molecule has 0 saturated heterocycles. The van der Waals surface area contributed by atoms with Crippen LogP contribution in [0.25, 0.3) is 0 Å². The standard InChI is InChI=1S/C11H10FN3O2/c12-7-10(16)13-9-6-11(17)15(14-9)8-4-2-1-3-5-8/h1-5H,6-7H2,(H,13,14,16). The summed E-state index contributed by atoms with van der Waals surface area (Å²) in [6, 6.07) is 8.81. The fraction of sp³-hybridized carbons (Fsp3) is 0.182. The van der Waals surface area contributed by atoms with Crippen molar-refractivity contribution in [2.45, 2.75) is 6.42 Å². The van der Waals surface area contributed by atoms with Crippen molar-refractivity contribution in [2.75, 3.05) is 11.7 Å². The lowest BCUT2D eigenvalue weighted by Gasteiger charge is -2.10. The summed E-state index contributed by atoms with van der Waals surface area (Å²) in [6.07, 6.45) is -0.0271. The number of carbonyl (C=O) groups excluding carboxylic acids is 2. The number of hydrazone groups is 1. The number of anilines is 1. The van der Waals surface area contributed by atoms with Gasteiger partial charge in [-0.1, -0.05) is 18.2 Å². The summed E-state index contributed by atoms with van der Waals surface area (Å²) in [6.45, 7) is -1.13. The number of hydrogen-bond donors (Lipinski definition) is 1. The minimum absolute atomic E-state index is 0.0271. The predicted molar refractivity (Wildman–Crippen MR) is 60.1 cm³/mol. The van der Waals surface area contributed by atoms with Gasteiger partial charge in [-0.05, 0) is 12.1 Å². The van der Waals surface area contributed by atoms with Gasteiger partial charge in [-0.25, -0.2) is 4.39 Å². The third-order valence-corrected chi connectivity index (χ3v) is 2.18. The molecule has 1 aliphatic heterocycles. The van der Waals surface area contributed by atoms with E-state index in [9.17, 15) is 14.0 Å². The van der Waals surface area contributed by atoms with Gasteiger partial charge in [0.05, 0.1) is 12.1 Å². The van der Waals surface area contributed by atoms with Gasteiger partial charge in [-0.2, -0.15) is 10.1 Å². The molecule has 17 heavy (non-hydrogen) atoms. The molecule has 0 fully saturated rings. The van der Waals surface area contributed by atoms with E-state index in [-0.39, 0.29) is 18.2 Å². The van der Waals surface area contributed by atoms with E-state index in [1.807, 2.05) is 6.07 Å². The van der Waals surface area contributed by atoms with E-state index in [4.69, 9.17) is 0 Å². The summed E-state index contributed by atoms with van der Waals surface area (Å²) in [5, 5.41) is 7.35. The maximum Gasteiger partial charge on any atom is 0.256 e. The summed E-state index contributed by atoms with van der Waals surface area (Å²) < 4.78 is 12.0. The van der Waals surface area contributed by atoms with Gasteiger partial charge in [0.2, 0.25) is 0 Å². The maximum absolute atomic E-state index is 12.0. The van der Waals surface area contributed by atoms with E-state index in [1.165, 1.54) is 5.01 Å². The molecular weight excluding hydrogens is 225 g/mol. The summed E-state index contributed by atoms with van der Waals surface area (Å²) in [5.41, 5.74) is 0.613. The van der Waals surface area contributed by atoms with E-state index >= 15 is 0 Å². The average molecular weight is 235 g/mol. The van der Waals surface area contributed by atoms with E-state index in [1.54, 1.807) is 24.3 Å². The monoisotopic (exact) mass is 235 g/mol.